The third kappa shape index (κ3) is 18.2. The molecule has 0 N–H and O–H groups in total. The number of unbranched alkanes of at least 4 members (excludes halogenated alkanes) is 2. The molecule has 0 saturated carbocycles. The Kier molecular flexibility index (Phi) is 29.5. The Hall–Kier alpha value is -12.9. The number of rotatable bonds is 22. The van der Waals surface area contributed by atoms with Crippen molar-refractivity contribution in [1.29, 1.82) is 0 Å². The fourth-order valence-electron chi connectivity index (χ4n) is 23.7. The molecule has 0 fully saturated rings. The standard InChI is InChI=1S/C52H51N2.C49H43N2.C36H35N2.3Ir/c1-9-51(8,35(2)3)48-34-54(47-30-28-42(31-36(47)4)50(5,6)7)49(53-48)39-20-18-19-37(32-39)38-27-29-46-44(33-38)43-25-16-17-26-45(43)52(46,40-21-12-10-13-22-40)41-23-14-11-15-24-41;1-6-7-27-48(4,5)46-31-50-47(51(46)45-26-23-32(2)28-33(45)3)36-16-14-15-34(29-36)35-24-25-44-40(30-35)39-19-10-13-22-43(39)49(44)41-20-11-8-17-37(41)38-18-9-12-21-42(38)49;1-5-6-20-36(3,4)34-24-37-35(30-17-16-29-22-28-14-10-11-15-31(28)32(29)23-30)38(34)33-19-18-27(21-25(33)2)26-12-8-7-9-13-26;;;/h10-19,21-35H,9H2,1-8H3;8-15,17-26,28-31H,6-7,27H2,1-5H3;7-16,18-19,21,23-24H,5-6,20,22H2,1-4H3;;;/q3*-1;;;. The third-order valence-electron chi connectivity index (χ3n) is 32.2. The predicted octanol–water partition coefficient (Wildman–Crippen LogP) is 35.1. The minimum Gasteiger partial charge on any atom is -0.339 e. The topological polar surface area (TPSA) is 53.5 Å². The largest absolute Gasteiger partial charge is 0.339 e. The molecular formula is C137H129Ir3N6-3. The molecule has 4 aliphatic rings. The van der Waals surface area contributed by atoms with Crippen LogP contribution in [0.25, 0.3) is 129 Å². The van der Waals surface area contributed by atoms with Crippen molar-refractivity contribution in [1.82, 2.24) is 28.7 Å². The first-order valence-corrected chi connectivity index (χ1v) is 51.8. The second-order valence-corrected chi connectivity index (χ2v) is 43.3. The van der Waals surface area contributed by atoms with Crippen molar-refractivity contribution >= 4 is 0 Å². The van der Waals surface area contributed by atoms with Crippen molar-refractivity contribution < 1.29 is 60.3 Å². The van der Waals surface area contributed by atoms with Crippen LogP contribution in [0.3, 0.4) is 0 Å². The molecule has 3 heterocycles. The summed E-state index contributed by atoms with van der Waals surface area (Å²) in [6, 6.07) is 140. The summed E-state index contributed by atoms with van der Waals surface area (Å²) in [5.74, 6) is 3.27. The SMILES string of the molecule is CCC(C)(c1cn(-c2ccc(C(C)(C)C)cc2C)c(-c2[c-]ccc(-c3ccc4c(c3)-c3ccccc3C4(c3ccccc3)c3ccccc3)c2)n1)C(C)C.CCCCC(C)(C)c1cnc(-c2[c-]cc3c(c2)-c2ccccc2C3)n1-c1ccc(-c2ccccc2)cc1C.CCCCC(C)(C)c1cnc(-c2[c-]ccc(-c3ccc4c(c3)-c3ccccc3C43c4ccccc4-c4ccccc43)c2)n1-c1ccc(C)cc1C.[Ir].[Ir].[Ir]. The van der Waals surface area contributed by atoms with Crippen LogP contribution in [0.4, 0.5) is 0 Å². The zero-order chi connectivity index (χ0) is 99.0. The maximum atomic E-state index is 5.47. The van der Waals surface area contributed by atoms with Crippen LogP contribution in [0.15, 0.2) is 370 Å². The number of hydrogen-bond donors (Lipinski definition) is 0. The van der Waals surface area contributed by atoms with Gasteiger partial charge in [0.15, 0.2) is 0 Å². The van der Waals surface area contributed by atoms with E-state index in [4.69, 9.17) is 15.0 Å². The van der Waals surface area contributed by atoms with E-state index in [0.717, 1.165) is 76.8 Å². The van der Waals surface area contributed by atoms with Crippen molar-refractivity contribution in [2.75, 3.05) is 0 Å². The van der Waals surface area contributed by atoms with Gasteiger partial charge in [-0.15, -0.1) is 100 Å². The average molecular weight is 2440 g/mol. The number of aromatic nitrogens is 6. The summed E-state index contributed by atoms with van der Waals surface area (Å²) in [5, 5.41) is 0. The minimum atomic E-state index is -0.410. The number of fused-ring (bicyclic) bond motifs is 16. The zero-order valence-electron chi connectivity index (χ0n) is 87.1. The number of imidazole rings is 3. The van der Waals surface area contributed by atoms with Crippen LogP contribution >= 0.6 is 0 Å². The Morgan fingerprint density at radius 3 is 1.25 bits per heavy atom. The zero-order valence-corrected chi connectivity index (χ0v) is 94.3. The molecule has 0 amide bonds. The second-order valence-electron chi connectivity index (χ2n) is 43.3. The smallest absolute Gasteiger partial charge is 0.0725 e. The van der Waals surface area contributed by atoms with Crippen molar-refractivity contribution in [3.05, 3.63) is 489 Å². The molecular weight excluding hydrogens is 2310 g/mol. The second kappa shape index (κ2) is 41.8. The molecule has 19 aromatic rings. The van der Waals surface area contributed by atoms with Crippen LogP contribution < -0.4 is 0 Å². The van der Waals surface area contributed by atoms with E-state index in [-0.39, 0.29) is 87.4 Å². The molecule has 0 aliphatic heterocycles. The molecule has 1 atom stereocenters. The maximum absolute atomic E-state index is 5.47. The average Bonchev–Trinajstić information content (AvgIpc) is 1.51. The molecule has 23 rings (SSSR count). The molecule has 0 bridgehead atoms. The first kappa shape index (κ1) is 103. The van der Waals surface area contributed by atoms with Crippen molar-refractivity contribution in [3.8, 4) is 129 Å². The summed E-state index contributed by atoms with van der Waals surface area (Å²) in [7, 11) is 0. The quantitative estimate of drug-likeness (QED) is 0.0636. The van der Waals surface area contributed by atoms with Gasteiger partial charge in [-0.1, -0.05) is 394 Å². The van der Waals surface area contributed by atoms with Gasteiger partial charge in [0, 0.05) is 124 Å². The first-order chi connectivity index (χ1) is 69.2. The summed E-state index contributed by atoms with van der Waals surface area (Å²) < 4.78 is 7.12. The molecule has 3 aromatic heterocycles. The molecule has 16 aromatic carbocycles. The molecule has 4 aliphatic carbocycles. The van der Waals surface area contributed by atoms with E-state index in [1.807, 2.05) is 0 Å². The Bertz CT molecular complexity index is 7950. The van der Waals surface area contributed by atoms with E-state index in [2.05, 4.69) is 520 Å². The van der Waals surface area contributed by atoms with Crippen LogP contribution in [0.2, 0.25) is 0 Å². The fourth-order valence-corrected chi connectivity index (χ4v) is 23.7. The van der Waals surface area contributed by atoms with E-state index in [0.29, 0.717) is 5.92 Å². The van der Waals surface area contributed by atoms with Crippen LogP contribution in [0.5, 0.6) is 0 Å². The first-order valence-electron chi connectivity index (χ1n) is 51.8. The van der Waals surface area contributed by atoms with Gasteiger partial charge in [0.25, 0.3) is 0 Å². The van der Waals surface area contributed by atoms with Gasteiger partial charge in [-0.3, -0.25) is 15.0 Å². The number of benzene rings is 16. The van der Waals surface area contributed by atoms with Crippen molar-refractivity contribution in [2.24, 2.45) is 5.92 Å². The maximum Gasteiger partial charge on any atom is 0.0725 e. The molecule has 737 valence electrons. The predicted molar refractivity (Wildman–Crippen MR) is 597 cm³/mol. The van der Waals surface area contributed by atoms with Gasteiger partial charge < -0.3 is 13.7 Å². The van der Waals surface area contributed by atoms with Gasteiger partial charge >= 0.3 is 0 Å². The van der Waals surface area contributed by atoms with Gasteiger partial charge in [0.05, 0.1) is 34.0 Å². The Morgan fingerprint density at radius 1 is 0.349 bits per heavy atom. The summed E-state index contributed by atoms with van der Waals surface area (Å²) in [4.78, 5) is 15.7. The third-order valence-corrected chi connectivity index (χ3v) is 32.2. The number of aryl methyl sites for hydroxylation is 4. The van der Waals surface area contributed by atoms with Crippen LogP contribution in [0, 0.1) is 51.8 Å². The van der Waals surface area contributed by atoms with Gasteiger partial charge in [-0.05, 0) is 235 Å². The van der Waals surface area contributed by atoms with E-state index in [9.17, 15) is 0 Å². The molecule has 146 heavy (non-hydrogen) atoms. The summed E-state index contributed by atoms with van der Waals surface area (Å²) in [6.45, 7) is 38.9. The van der Waals surface area contributed by atoms with E-state index in [1.54, 1.807) is 0 Å². The van der Waals surface area contributed by atoms with Gasteiger partial charge in [-0.25, -0.2) is 0 Å². The van der Waals surface area contributed by atoms with Gasteiger partial charge in [0.1, 0.15) is 0 Å². The normalized spacial score (nSPS) is 13.3. The van der Waals surface area contributed by atoms with E-state index in [1.165, 1.54) is 204 Å². The molecule has 1 spiro atoms. The van der Waals surface area contributed by atoms with Crippen molar-refractivity contribution in [2.45, 2.75) is 202 Å². The summed E-state index contributed by atoms with van der Waals surface area (Å²) in [6.07, 6.45) is 15.5. The fraction of sp³-hybridized carbons (Fsp3) is 0.234. The molecule has 0 saturated heterocycles. The molecule has 3 radical (unpaired) electrons. The monoisotopic (exact) mass is 2440 g/mol. The van der Waals surface area contributed by atoms with E-state index >= 15 is 0 Å². The van der Waals surface area contributed by atoms with Gasteiger partial charge in [0.2, 0.25) is 0 Å². The summed E-state index contributed by atoms with van der Waals surface area (Å²) in [5.41, 5.74) is 46.8. The Labute approximate surface area is 906 Å². The van der Waals surface area contributed by atoms with Crippen molar-refractivity contribution in [3.63, 3.8) is 0 Å². The van der Waals surface area contributed by atoms with Crippen LogP contribution in [-0.4, -0.2) is 28.7 Å². The van der Waals surface area contributed by atoms with Crippen LogP contribution in [-0.2, 0) is 99.2 Å². The van der Waals surface area contributed by atoms with Crippen LogP contribution in [0.1, 0.15) is 235 Å². The summed E-state index contributed by atoms with van der Waals surface area (Å²) >= 11 is 0. The Balaban J connectivity index is 0.000000144. The number of hydrogen-bond acceptors (Lipinski definition) is 3. The minimum absolute atomic E-state index is 0. The Morgan fingerprint density at radius 2 is 0.760 bits per heavy atom. The van der Waals surface area contributed by atoms with Gasteiger partial charge in [-0.2, -0.15) is 0 Å². The molecule has 1 unspecified atom stereocenters. The van der Waals surface area contributed by atoms with E-state index < -0.39 is 5.41 Å². The number of nitrogens with zero attached hydrogens (tertiary/aromatic N) is 6. The molecule has 9 heteroatoms. The molecule has 6 nitrogen and oxygen atoms in total.